The van der Waals surface area contributed by atoms with Crippen LogP contribution in [-0.2, 0) is 16.6 Å². The molecule has 0 aliphatic heterocycles. The van der Waals surface area contributed by atoms with Crippen LogP contribution in [0.5, 0.6) is 0 Å². The molecule has 0 radical (unpaired) electrons. The van der Waals surface area contributed by atoms with Crippen LogP contribution in [0.4, 0.5) is 0 Å². The molecule has 1 amide bonds. The minimum absolute atomic E-state index is 0.103. The molecule has 2 unspecified atom stereocenters. The molecule has 0 aliphatic carbocycles. The van der Waals surface area contributed by atoms with Gasteiger partial charge < -0.3 is 15.4 Å². The molecular weight excluding hydrogens is 280 g/mol. The van der Waals surface area contributed by atoms with Crippen molar-refractivity contribution in [3.63, 3.8) is 0 Å². The van der Waals surface area contributed by atoms with Crippen LogP contribution in [0.2, 0.25) is 0 Å². The molecule has 6 nitrogen and oxygen atoms in total. The summed E-state index contributed by atoms with van der Waals surface area (Å²) in [5, 5.41) is 10.0. The highest BCUT2D eigenvalue weighted by atomic mass is 16.5. The van der Waals surface area contributed by atoms with Gasteiger partial charge in [-0.2, -0.15) is 5.10 Å². The summed E-state index contributed by atoms with van der Waals surface area (Å²) in [6.07, 6.45) is 3.34. The molecule has 0 aliphatic rings. The van der Waals surface area contributed by atoms with Crippen molar-refractivity contribution in [3.05, 3.63) is 53.9 Å². The second-order valence-electron chi connectivity index (χ2n) is 5.05. The zero-order chi connectivity index (χ0) is 15.9. The van der Waals surface area contributed by atoms with Gasteiger partial charge in [0.15, 0.2) is 0 Å². The fourth-order valence-electron chi connectivity index (χ4n) is 2.34. The van der Waals surface area contributed by atoms with E-state index >= 15 is 0 Å². The van der Waals surface area contributed by atoms with Crippen molar-refractivity contribution in [3.8, 4) is 0 Å². The lowest BCUT2D eigenvalue weighted by atomic mass is 10.1. The second-order valence-corrected chi connectivity index (χ2v) is 5.05. The summed E-state index contributed by atoms with van der Waals surface area (Å²) < 4.78 is 7.13. The Balaban J connectivity index is 1.98. The molecular formula is C16H22N4O2. The van der Waals surface area contributed by atoms with Gasteiger partial charge in [-0.25, -0.2) is 0 Å². The number of benzene rings is 1. The Bertz CT molecular complexity index is 597. The van der Waals surface area contributed by atoms with Crippen LogP contribution in [0.25, 0.3) is 0 Å². The summed E-state index contributed by atoms with van der Waals surface area (Å²) in [5.41, 5.74) is 1.86. The van der Waals surface area contributed by atoms with E-state index in [1.165, 1.54) is 0 Å². The van der Waals surface area contributed by atoms with Crippen molar-refractivity contribution in [2.24, 2.45) is 7.05 Å². The quantitative estimate of drug-likeness (QED) is 0.806. The van der Waals surface area contributed by atoms with Crippen LogP contribution < -0.4 is 10.6 Å². The van der Waals surface area contributed by atoms with E-state index in [-0.39, 0.29) is 12.0 Å². The number of rotatable bonds is 7. The van der Waals surface area contributed by atoms with Gasteiger partial charge in [-0.15, -0.1) is 0 Å². The van der Waals surface area contributed by atoms with Crippen molar-refractivity contribution in [2.75, 3.05) is 20.7 Å². The standard InChI is InChI=1S/C16H22N4O2/c1-17-15(13-9-19-20(2)11-13)16(21)18-10-14(22-3)12-7-5-4-6-8-12/h4-9,11,14-15,17H,10H2,1-3H3,(H,18,21). The summed E-state index contributed by atoms with van der Waals surface area (Å²) >= 11 is 0. The molecule has 0 saturated carbocycles. The van der Waals surface area contributed by atoms with Crippen LogP contribution in [0.15, 0.2) is 42.7 Å². The number of carbonyl (C=O) groups is 1. The molecule has 1 heterocycles. The Morgan fingerprint density at radius 1 is 1.32 bits per heavy atom. The second kappa shape index (κ2) is 7.72. The normalized spacial score (nSPS) is 13.6. The van der Waals surface area contributed by atoms with E-state index in [1.807, 2.05) is 43.6 Å². The van der Waals surface area contributed by atoms with Crippen molar-refractivity contribution in [2.45, 2.75) is 12.1 Å². The van der Waals surface area contributed by atoms with E-state index in [9.17, 15) is 4.79 Å². The Labute approximate surface area is 130 Å². The Morgan fingerprint density at radius 2 is 2.05 bits per heavy atom. The summed E-state index contributed by atoms with van der Waals surface area (Å²) in [5.74, 6) is -0.103. The molecule has 0 saturated heterocycles. The van der Waals surface area contributed by atoms with Crippen LogP contribution >= 0.6 is 0 Å². The first kappa shape index (κ1) is 16.2. The lowest BCUT2D eigenvalue weighted by Crippen LogP contribution is -2.38. The van der Waals surface area contributed by atoms with Gasteiger partial charge in [0.25, 0.3) is 0 Å². The van der Waals surface area contributed by atoms with E-state index < -0.39 is 6.04 Å². The highest BCUT2D eigenvalue weighted by molar-refractivity contribution is 5.83. The van der Waals surface area contributed by atoms with Gasteiger partial charge >= 0.3 is 0 Å². The first-order valence-corrected chi connectivity index (χ1v) is 7.17. The Morgan fingerprint density at radius 3 is 2.59 bits per heavy atom. The minimum Gasteiger partial charge on any atom is -0.375 e. The van der Waals surface area contributed by atoms with Crippen molar-refractivity contribution in [1.82, 2.24) is 20.4 Å². The molecule has 22 heavy (non-hydrogen) atoms. The molecule has 1 aromatic carbocycles. The monoisotopic (exact) mass is 302 g/mol. The Hall–Kier alpha value is -2.18. The average Bonchev–Trinajstić information content (AvgIpc) is 2.96. The maximum atomic E-state index is 12.4. The smallest absolute Gasteiger partial charge is 0.241 e. The highest BCUT2D eigenvalue weighted by Crippen LogP contribution is 2.16. The lowest BCUT2D eigenvalue weighted by Gasteiger charge is -2.19. The Kier molecular flexibility index (Phi) is 5.68. The topological polar surface area (TPSA) is 68.2 Å². The van der Waals surface area contributed by atoms with Gasteiger partial charge in [-0.1, -0.05) is 30.3 Å². The van der Waals surface area contributed by atoms with Crippen LogP contribution in [-0.4, -0.2) is 36.4 Å². The van der Waals surface area contributed by atoms with E-state index in [0.29, 0.717) is 6.54 Å². The number of carbonyl (C=O) groups excluding carboxylic acids is 1. The molecule has 2 N–H and O–H groups in total. The summed E-state index contributed by atoms with van der Waals surface area (Å²) in [7, 11) is 5.22. The van der Waals surface area contributed by atoms with Crippen molar-refractivity contribution >= 4 is 5.91 Å². The molecule has 0 fully saturated rings. The number of aryl methyl sites for hydroxylation is 1. The van der Waals surface area contributed by atoms with Gasteiger partial charge in [-0.05, 0) is 12.6 Å². The van der Waals surface area contributed by atoms with E-state index in [0.717, 1.165) is 11.1 Å². The number of hydrogen-bond donors (Lipinski definition) is 2. The van der Waals surface area contributed by atoms with Gasteiger partial charge in [0.1, 0.15) is 6.04 Å². The van der Waals surface area contributed by atoms with Crippen molar-refractivity contribution in [1.29, 1.82) is 0 Å². The third-order valence-electron chi connectivity index (χ3n) is 3.53. The number of methoxy groups -OCH3 is 1. The summed E-state index contributed by atoms with van der Waals surface area (Å²) in [4.78, 5) is 12.4. The molecule has 0 bridgehead atoms. The first-order valence-electron chi connectivity index (χ1n) is 7.17. The molecule has 118 valence electrons. The first-order chi connectivity index (χ1) is 10.7. The number of aromatic nitrogens is 2. The number of nitrogens with zero attached hydrogens (tertiary/aromatic N) is 2. The summed E-state index contributed by atoms with van der Waals surface area (Å²) in [6.45, 7) is 0.414. The van der Waals surface area contributed by atoms with E-state index in [1.54, 1.807) is 25.0 Å². The van der Waals surface area contributed by atoms with Crippen LogP contribution in [0, 0.1) is 0 Å². The molecule has 2 rings (SSSR count). The predicted octanol–water partition coefficient (Wildman–Crippen LogP) is 1.18. The zero-order valence-corrected chi connectivity index (χ0v) is 13.1. The SMILES string of the molecule is CNC(C(=O)NCC(OC)c1ccccc1)c1cnn(C)c1. The molecule has 2 atom stereocenters. The maximum Gasteiger partial charge on any atom is 0.241 e. The fourth-order valence-corrected chi connectivity index (χ4v) is 2.34. The molecule has 1 aromatic heterocycles. The van der Waals surface area contributed by atoms with E-state index in [4.69, 9.17) is 4.74 Å². The molecule has 0 spiro atoms. The number of hydrogen-bond acceptors (Lipinski definition) is 4. The number of likely N-dealkylation sites (N-methyl/N-ethyl adjacent to an activating group) is 1. The van der Waals surface area contributed by atoms with Crippen molar-refractivity contribution < 1.29 is 9.53 Å². The lowest BCUT2D eigenvalue weighted by molar-refractivity contribution is -0.123. The third kappa shape index (κ3) is 3.93. The highest BCUT2D eigenvalue weighted by Gasteiger charge is 2.21. The summed E-state index contributed by atoms with van der Waals surface area (Å²) in [6, 6.07) is 9.40. The maximum absolute atomic E-state index is 12.4. The van der Waals surface area contributed by atoms with Crippen LogP contribution in [0.1, 0.15) is 23.3 Å². The van der Waals surface area contributed by atoms with E-state index in [2.05, 4.69) is 15.7 Å². The van der Waals surface area contributed by atoms with Crippen LogP contribution in [0.3, 0.4) is 0 Å². The largest absolute Gasteiger partial charge is 0.375 e. The number of amides is 1. The van der Waals surface area contributed by atoms with Gasteiger partial charge in [0.2, 0.25) is 5.91 Å². The molecule has 2 aromatic rings. The predicted molar refractivity (Wildman–Crippen MR) is 84.2 cm³/mol. The number of ether oxygens (including phenoxy) is 1. The van der Waals surface area contributed by atoms with Gasteiger partial charge in [0.05, 0.1) is 12.3 Å². The van der Waals surface area contributed by atoms with Gasteiger partial charge in [-0.3, -0.25) is 9.48 Å². The van der Waals surface area contributed by atoms with Gasteiger partial charge in [0, 0.05) is 32.5 Å². The zero-order valence-electron chi connectivity index (χ0n) is 13.1. The third-order valence-corrected chi connectivity index (χ3v) is 3.53. The molecule has 6 heteroatoms. The number of nitrogens with one attached hydrogen (secondary N) is 2. The average molecular weight is 302 g/mol. The minimum atomic E-state index is -0.429. The fraction of sp³-hybridized carbons (Fsp3) is 0.375.